The van der Waals surface area contributed by atoms with Gasteiger partial charge in [-0.25, -0.2) is 0 Å². The van der Waals surface area contributed by atoms with E-state index in [-0.39, 0.29) is 0 Å². The van der Waals surface area contributed by atoms with E-state index >= 15 is 0 Å². The van der Waals surface area contributed by atoms with E-state index in [1.54, 1.807) is 6.08 Å². The summed E-state index contributed by atoms with van der Waals surface area (Å²) in [7, 11) is 0. The molecule has 0 atom stereocenters. The van der Waals surface area contributed by atoms with Crippen LogP contribution in [0.3, 0.4) is 0 Å². The van der Waals surface area contributed by atoms with E-state index in [0.29, 0.717) is 6.61 Å². The van der Waals surface area contributed by atoms with Crippen LogP contribution in [0.1, 0.15) is 19.4 Å². The fourth-order valence-corrected chi connectivity index (χ4v) is 1.47. The van der Waals surface area contributed by atoms with Crippen LogP contribution in [0.5, 0.6) is 5.75 Å². The lowest BCUT2D eigenvalue weighted by atomic mass is 10.1. The molecule has 0 radical (unpaired) electrons. The molecule has 0 unspecified atom stereocenters. The summed E-state index contributed by atoms with van der Waals surface area (Å²) < 4.78 is 5.43. The van der Waals surface area contributed by atoms with Gasteiger partial charge in [-0.15, -0.1) is 0 Å². The first-order chi connectivity index (χ1) is 8.26. The number of rotatable bonds is 7. The van der Waals surface area contributed by atoms with Gasteiger partial charge in [0.25, 0.3) is 0 Å². The molecular formula is C15H21NO. The van der Waals surface area contributed by atoms with Gasteiger partial charge in [-0.1, -0.05) is 43.4 Å². The summed E-state index contributed by atoms with van der Waals surface area (Å²) in [6.07, 6.45) is 3.92. The quantitative estimate of drug-likeness (QED) is 0.727. The van der Waals surface area contributed by atoms with E-state index < -0.39 is 0 Å². The maximum absolute atomic E-state index is 5.43. The maximum atomic E-state index is 5.43. The van der Waals surface area contributed by atoms with Crippen molar-refractivity contribution >= 4 is 6.08 Å². The Balaban J connectivity index is 2.57. The summed E-state index contributed by atoms with van der Waals surface area (Å²) in [6, 6.07) is 8.09. The Hall–Kier alpha value is -1.54. The SMILES string of the molecule is C=CCOc1ccc(C=C(C)CNCC)cc1. The van der Waals surface area contributed by atoms with E-state index in [2.05, 4.69) is 44.0 Å². The molecule has 0 aliphatic heterocycles. The van der Waals surface area contributed by atoms with Crippen molar-refractivity contribution in [2.75, 3.05) is 19.7 Å². The van der Waals surface area contributed by atoms with E-state index in [4.69, 9.17) is 4.74 Å². The standard InChI is InChI=1S/C15H21NO/c1-4-10-17-15-8-6-14(7-9-15)11-13(3)12-16-5-2/h4,6-9,11,16H,1,5,10,12H2,2-3H3. The molecule has 0 bridgehead atoms. The van der Waals surface area contributed by atoms with Crippen LogP contribution in [0.15, 0.2) is 42.5 Å². The van der Waals surface area contributed by atoms with Crippen molar-refractivity contribution in [1.82, 2.24) is 5.32 Å². The van der Waals surface area contributed by atoms with Crippen LogP contribution in [0, 0.1) is 0 Å². The van der Waals surface area contributed by atoms with Crippen LogP contribution in [-0.2, 0) is 0 Å². The van der Waals surface area contributed by atoms with Gasteiger partial charge in [0.15, 0.2) is 0 Å². The molecule has 0 aromatic heterocycles. The van der Waals surface area contributed by atoms with Gasteiger partial charge in [0.2, 0.25) is 0 Å². The Morgan fingerprint density at radius 3 is 2.65 bits per heavy atom. The first kappa shape index (κ1) is 13.5. The largest absolute Gasteiger partial charge is 0.490 e. The highest BCUT2D eigenvalue weighted by atomic mass is 16.5. The zero-order valence-corrected chi connectivity index (χ0v) is 10.7. The molecule has 17 heavy (non-hydrogen) atoms. The summed E-state index contributed by atoms with van der Waals surface area (Å²) >= 11 is 0. The van der Waals surface area contributed by atoms with Crippen molar-refractivity contribution in [1.29, 1.82) is 0 Å². The van der Waals surface area contributed by atoms with E-state index in [0.717, 1.165) is 18.8 Å². The molecule has 2 heteroatoms. The first-order valence-corrected chi connectivity index (χ1v) is 5.98. The van der Waals surface area contributed by atoms with E-state index in [1.165, 1.54) is 11.1 Å². The Morgan fingerprint density at radius 2 is 2.06 bits per heavy atom. The minimum atomic E-state index is 0.550. The van der Waals surface area contributed by atoms with Gasteiger partial charge in [-0.3, -0.25) is 0 Å². The lowest BCUT2D eigenvalue weighted by Crippen LogP contribution is -2.14. The van der Waals surface area contributed by atoms with Crippen LogP contribution in [-0.4, -0.2) is 19.7 Å². The van der Waals surface area contributed by atoms with Crippen LogP contribution in [0.2, 0.25) is 0 Å². The van der Waals surface area contributed by atoms with Gasteiger partial charge in [-0.05, 0) is 31.2 Å². The predicted molar refractivity (Wildman–Crippen MR) is 74.3 cm³/mol. The molecule has 2 nitrogen and oxygen atoms in total. The molecule has 92 valence electrons. The Labute approximate surface area is 104 Å². The zero-order chi connectivity index (χ0) is 12.5. The van der Waals surface area contributed by atoms with E-state index in [1.807, 2.05) is 12.1 Å². The molecule has 0 saturated heterocycles. The Morgan fingerprint density at radius 1 is 1.35 bits per heavy atom. The van der Waals surface area contributed by atoms with Crippen LogP contribution in [0.25, 0.3) is 6.08 Å². The summed E-state index contributed by atoms with van der Waals surface area (Å²) in [4.78, 5) is 0. The van der Waals surface area contributed by atoms with Gasteiger partial charge in [0, 0.05) is 6.54 Å². The monoisotopic (exact) mass is 231 g/mol. The molecule has 1 rings (SSSR count). The normalized spacial score (nSPS) is 11.3. The fourth-order valence-electron chi connectivity index (χ4n) is 1.47. The summed E-state index contributed by atoms with van der Waals surface area (Å²) in [5.41, 5.74) is 2.53. The first-order valence-electron chi connectivity index (χ1n) is 5.98. The van der Waals surface area contributed by atoms with Crippen molar-refractivity contribution in [2.45, 2.75) is 13.8 Å². The summed E-state index contributed by atoms with van der Waals surface area (Å²) in [5, 5.41) is 3.30. The molecule has 0 amide bonds. The molecule has 0 spiro atoms. The number of benzene rings is 1. The summed E-state index contributed by atoms with van der Waals surface area (Å²) in [5.74, 6) is 0.881. The smallest absolute Gasteiger partial charge is 0.119 e. The van der Waals surface area contributed by atoms with Crippen LogP contribution in [0.4, 0.5) is 0 Å². The third-order valence-corrected chi connectivity index (χ3v) is 2.31. The summed E-state index contributed by atoms with van der Waals surface area (Å²) in [6.45, 7) is 10.3. The number of hydrogen-bond donors (Lipinski definition) is 1. The number of likely N-dealkylation sites (N-methyl/N-ethyl adjacent to an activating group) is 1. The van der Waals surface area contributed by atoms with Crippen LogP contribution >= 0.6 is 0 Å². The Bertz CT molecular complexity index is 365. The number of nitrogens with one attached hydrogen (secondary N) is 1. The molecule has 0 aliphatic carbocycles. The zero-order valence-electron chi connectivity index (χ0n) is 10.7. The molecule has 0 aliphatic rings. The van der Waals surface area contributed by atoms with Crippen molar-refractivity contribution in [3.05, 3.63) is 48.1 Å². The van der Waals surface area contributed by atoms with Gasteiger partial charge >= 0.3 is 0 Å². The highest BCUT2D eigenvalue weighted by molar-refractivity contribution is 5.53. The predicted octanol–water partition coefficient (Wildman–Crippen LogP) is 3.26. The fraction of sp³-hybridized carbons (Fsp3) is 0.333. The van der Waals surface area contributed by atoms with Crippen LogP contribution < -0.4 is 10.1 Å². The molecule has 1 aromatic rings. The van der Waals surface area contributed by atoms with Gasteiger partial charge in [0.05, 0.1) is 0 Å². The highest BCUT2D eigenvalue weighted by Gasteiger charge is 1.94. The van der Waals surface area contributed by atoms with Crippen molar-refractivity contribution in [2.24, 2.45) is 0 Å². The minimum absolute atomic E-state index is 0.550. The van der Waals surface area contributed by atoms with Crippen molar-refractivity contribution < 1.29 is 4.74 Å². The third-order valence-electron chi connectivity index (χ3n) is 2.31. The lowest BCUT2D eigenvalue weighted by molar-refractivity contribution is 0.363. The molecular weight excluding hydrogens is 210 g/mol. The van der Waals surface area contributed by atoms with Gasteiger partial charge in [-0.2, -0.15) is 0 Å². The molecule has 1 N–H and O–H groups in total. The van der Waals surface area contributed by atoms with Gasteiger partial charge in [0.1, 0.15) is 12.4 Å². The second kappa shape index (κ2) is 7.69. The minimum Gasteiger partial charge on any atom is -0.490 e. The number of ether oxygens (including phenoxy) is 1. The highest BCUT2D eigenvalue weighted by Crippen LogP contribution is 2.14. The maximum Gasteiger partial charge on any atom is 0.119 e. The second-order valence-corrected chi connectivity index (χ2v) is 3.94. The molecule has 0 saturated carbocycles. The number of hydrogen-bond acceptors (Lipinski definition) is 2. The van der Waals surface area contributed by atoms with Crippen molar-refractivity contribution in [3.8, 4) is 5.75 Å². The topological polar surface area (TPSA) is 21.3 Å². The molecule has 0 fully saturated rings. The molecule has 1 aromatic carbocycles. The molecule has 0 heterocycles. The lowest BCUT2D eigenvalue weighted by Gasteiger charge is -2.04. The van der Waals surface area contributed by atoms with Gasteiger partial charge < -0.3 is 10.1 Å². The average molecular weight is 231 g/mol. The van der Waals surface area contributed by atoms with Crippen molar-refractivity contribution in [3.63, 3.8) is 0 Å². The second-order valence-electron chi connectivity index (χ2n) is 3.94. The third kappa shape index (κ3) is 5.36. The Kier molecular flexibility index (Phi) is 6.12. The van der Waals surface area contributed by atoms with E-state index in [9.17, 15) is 0 Å². The average Bonchev–Trinajstić information content (AvgIpc) is 2.35.